The molecule has 0 saturated heterocycles. The second-order valence-corrected chi connectivity index (χ2v) is 5.10. The van der Waals surface area contributed by atoms with E-state index in [4.69, 9.17) is 9.84 Å². The highest BCUT2D eigenvalue weighted by Gasteiger charge is 2.07. The number of benzene rings is 1. The minimum absolute atomic E-state index is 0.272. The van der Waals surface area contributed by atoms with Gasteiger partial charge in [-0.2, -0.15) is 0 Å². The fraction of sp³-hybridized carbons (Fsp3) is 0.500. The maximum atomic E-state index is 10.9. The highest BCUT2D eigenvalue weighted by Crippen LogP contribution is 2.21. The largest absolute Gasteiger partial charge is 0.478 e. The average molecular weight is 330 g/mol. The molecular formula is C14H20BrNO3. The molecular weight excluding hydrogens is 310 g/mol. The number of unbranched alkanes of at least 4 members (excludes halogenated alkanes) is 1. The first kappa shape index (κ1) is 16.0. The van der Waals surface area contributed by atoms with E-state index >= 15 is 0 Å². The Bertz CT molecular complexity index is 410. The lowest BCUT2D eigenvalue weighted by Gasteiger charge is -2.08. The van der Waals surface area contributed by atoms with Crippen LogP contribution in [-0.2, 0) is 4.74 Å². The second-order valence-electron chi connectivity index (χ2n) is 4.25. The summed E-state index contributed by atoms with van der Waals surface area (Å²) in [5.74, 6) is -0.928. The zero-order valence-corrected chi connectivity index (χ0v) is 12.7. The van der Waals surface area contributed by atoms with Gasteiger partial charge in [0.2, 0.25) is 0 Å². The van der Waals surface area contributed by atoms with Crippen LogP contribution < -0.4 is 5.32 Å². The lowest BCUT2D eigenvalue weighted by atomic mass is 10.2. The molecule has 5 heteroatoms. The SMILES string of the molecule is CCCCOCCCNc1ccc(C(=O)O)c(Br)c1. The van der Waals surface area contributed by atoms with Gasteiger partial charge in [-0.25, -0.2) is 4.79 Å². The fourth-order valence-electron chi connectivity index (χ4n) is 1.55. The maximum absolute atomic E-state index is 10.9. The molecule has 1 aromatic carbocycles. The van der Waals surface area contributed by atoms with E-state index in [0.717, 1.165) is 44.7 Å². The van der Waals surface area contributed by atoms with E-state index < -0.39 is 5.97 Å². The van der Waals surface area contributed by atoms with Crippen LogP contribution in [0.5, 0.6) is 0 Å². The predicted molar refractivity (Wildman–Crippen MR) is 79.9 cm³/mol. The van der Waals surface area contributed by atoms with Crippen molar-refractivity contribution in [2.45, 2.75) is 26.2 Å². The summed E-state index contributed by atoms with van der Waals surface area (Å²) in [6.07, 6.45) is 3.20. The summed E-state index contributed by atoms with van der Waals surface area (Å²) in [6.45, 7) is 4.53. The number of ether oxygens (including phenoxy) is 1. The average Bonchev–Trinajstić information content (AvgIpc) is 2.37. The fourth-order valence-corrected chi connectivity index (χ4v) is 2.10. The maximum Gasteiger partial charge on any atom is 0.336 e. The Balaban J connectivity index is 2.26. The molecule has 106 valence electrons. The zero-order valence-electron chi connectivity index (χ0n) is 11.1. The number of carboxylic acids is 1. The number of halogens is 1. The van der Waals surface area contributed by atoms with Gasteiger partial charge in [0.25, 0.3) is 0 Å². The number of aromatic carboxylic acids is 1. The summed E-state index contributed by atoms with van der Waals surface area (Å²) in [5.41, 5.74) is 1.18. The number of carbonyl (C=O) groups is 1. The van der Waals surface area contributed by atoms with Crippen LogP contribution in [0.15, 0.2) is 22.7 Å². The van der Waals surface area contributed by atoms with Gasteiger partial charge in [0.1, 0.15) is 0 Å². The highest BCUT2D eigenvalue weighted by atomic mass is 79.9. The zero-order chi connectivity index (χ0) is 14.1. The molecule has 0 bridgehead atoms. The summed E-state index contributed by atoms with van der Waals surface area (Å²) in [6, 6.07) is 5.14. The van der Waals surface area contributed by atoms with Gasteiger partial charge in [-0.15, -0.1) is 0 Å². The Labute approximate surface area is 122 Å². The van der Waals surface area contributed by atoms with Crippen molar-refractivity contribution in [2.24, 2.45) is 0 Å². The molecule has 0 fully saturated rings. The van der Waals surface area contributed by atoms with Crippen molar-refractivity contribution in [3.8, 4) is 0 Å². The van der Waals surface area contributed by atoms with E-state index in [1.165, 1.54) is 0 Å². The number of carboxylic acid groups (broad SMARTS) is 1. The van der Waals surface area contributed by atoms with Gasteiger partial charge in [0.05, 0.1) is 5.56 Å². The summed E-state index contributed by atoms with van der Waals surface area (Å²) < 4.78 is 6.05. The molecule has 0 aliphatic heterocycles. The third-order valence-electron chi connectivity index (χ3n) is 2.64. The Morgan fingerprint density at radius 2 is 2.11 bits per heavy atom. The van der Waals surface area contributed by atoms with E-state index in [0.29, 0.717) is 4.47 Å². The summed E-state index contributed by atoms with van der Waals surface area (Å²) >= 11 is 3.25. The van der Waals surface area contributed by atoms with Crippen molar-refractivity contribution in [1.82, 2.24) is 0 Å². The van der Waals surface area contributed by atoms with Gasteiger partial charge >= 0.3 is 5.97 Å². The molecule has 0 aliphatic rings. The molecule has 0 unspecified atom stereocenters. The molecule has 1 aromatic rings. The normalized spacial score (nSPS) is 10.4. The van der Waals surface area contributed by atoms with Crippen LogP contribution in [0.1, 0.15) is 36.5 Å². The molecule has 0 radical (unpaired) electrons. The smallest absolute Gasteiger partial charge is 0.336 e. The second kappa shape index (κ2) is 8.93. The van der Waals surface area contributed by atoms with Gasteiger partial charge in [0, 0.05) is 29.9 Å². The number of nitrogens with one attached hydrogen (secondary N) is 1. The van der Waals surface area contributed by atoms with Crippen LogP contribution in [0.25, 0.3) is 0 Å². The summed E-state index contributed by atoms with van der Waals surface area (Å²) in [4.78, 5) is 10.9. The number of rotatable bonds is 9. The van der Waals surface area contributed by atoms with E-state index in [1.54, 1.807) is 18.2 Å². The van der Waals surface area contributed by atoms with Crippen LogP contribution in [0, 0.1) is 0 Å². The first-order chi connectivity index (χ1) is 9.15. The topological polar surface area (TPSA) is 58.6 Å². The highest BCUT2D eigenvalue weighted by molar-refractivity contribution is 9.10. The van der Waals surface area contributed by atoms with Crippen molar-refractivity contribution in [2.75, 3.05) is 25.1 Å². The first-order valence-electron chi connectivity index (χ1n) is 6.49. The third kappa shape index (κ3) is 6.07. The molecule has 0 aliphatic carbocycles. The Hall–Kier alpha value is -1.07. The van der Waals surface area contributed by atoms with Gasteiger partial charge < -0.3 is 15.2 Å². The molecule has 1 rings (SSSR count). The Morgan fingerprint density at radius 3 is 2.74 bits per heavy atom. The van der Waals surface area contributed by atoms with Gasteiger partial charge in [-0.05, 0) is 47.0 Å². The van der Waals surface area contributed by atoms with Crippen molar-refractivity contribution in [1.29, 1.82) is 0 Å². The molecule has 19 heavy (non-hydrogen) atoms. The lowest BCUT2D eigenvalue weighted by molar-refractivity contribution is 0.0696. The lowest BCUT2D eigenvalue weighted by Crippen LogP contribution is -2.07. The molecule has 4 nitrogen and oxygen atoms in total. The molecule has 0 aromatic heterocycles. The number of anilines is 1. The number of hydrogen-bond acceptors (Lipinski definition) is 3. The van der Waals surface area contributed by atoms with Gasteiger partial charge in [0.15, 0.2) is 0 Å². The van der Waals surface area contributed by atoms with E-state index in [2.05, 4.69) is 28.2 Å². The number of hydrogen-bond donors (Lipinski definition) is 2. The van der Waals surface area contributed by atoms with Crippen LogP contribution in [-0.4, -0.2) is 30.8 Å². The minimum Gasteiger partial charge on any atom is -0.478 e. The van der Waals surface area contributed by atoms with Gasteiger partial charge in [-0.3, -0.25) is 0 Å². The summed E-state index contributed by atoms with van der Waals surface area (Å²) in [5, 5.41) is 12.1. The van der Waals surface area contributed by atoms with Crippen LogP contribution in [0.2, 0.25) is 0 Å². The van der Waals surface area contributed by atoms with Crippen molar-refractivity contribution in [3.63, 3.8) is 0 Å². The Kier molecular flexibility index (Phi) is 7.52. The molecule has 0 saturated carbocycles. The monoisotopic (exact) mass is 329 g/mol. The van der Waals surface area contributed by atoms with Crippen LogP contribution in [0.4, 0.5) is 5.69 Å². The van der Waals surface area contributed by atoms with Crippen molar-refractivity contribution < 1.29 is 14.6 Å². The van der Waals surface area contributed by atoms with Crippen LogP contribution in [0.3, 0.4) is 0 Å². The van der Waals surface area contributed by atoms with E-state index in [-0.39, 0.29) is 5.56 Å². The minimum atomic E-state index is -0.928. The third-order valence-corrected chi connectivity index (χ3v) is 3.29. The molecule has 0 amide bonds. The molecule has 0 heterocycles. The van der Waals surface area contributed by atoms with E-state index in [9.17, 15) is 4.79 Å². The van der Waals surface area contributed by atoms with Crippen LogP contribution >= 0.6 is 15.9 Å². The van der Waals surface area contributed by atoms with E-state index in [1.807, 2.05) is 0 Å². The molecule has 2 N–H and O–H groups in total. The van der Waals surface area contributed by atoms with Crippen molar-refractivity contribution >= 4 is 27.6 Å². The van der Waals surface area contributed by atoms with Gasteiger partial charge in [-0.1, -0.05) is 13.3 Å². The molecule has 0 atom stereocenters. The molecule has 0 spiro atoms. The quantitative estimate of drug-likeness (QED) is 0.677. The Morgan fingerprint density at radius 1 is 1.37 bits per heavy atom. The summed E-state index contributed by atoms with van der Waals surface area (Å²) in [7, 11) is 0. The standard InChI is InChI=1S/C14H20BrNO3/c1-2-3-8-19-9-4-7-16-11-5-6-12(14(17)18)13(15)10-11/h5-6,10,16H,2-4,7-9H2,1H3,(H,17,18). The first-order valence-corrected chi connectivity index (χ1v) is 7.29. The predicted octanol–water partition coefficient (Wildman–Crippen LogP) is 3.77. The van der Waals surface area contributed by atoms with Crippen molar-refractivity contribution in [3.05, 3.63) is 28.2 Å².